The van der Waals surface area contributed by atoms with Crippen LogP contribution in [0.3, 0.4) is 0 Å². The number of aromatic nitrogens is 4. The summed E-state index contributed by atoms with van der Waals surface area (Å²) in [5.74, 6) is 0.353. The van der Waals surface area contributed by atoms with Crippen LogP contribution < -0.4 is 5.32 Å². The van der Waals surface area contributed by atoms with Crippen LogP contribution >= 0.6 is 0 Å². The molecule has 2 amide bonds. The lowest BCUT2D eigenvalue weighted by Gasteiger charge is -2.36. The first-order valence-corrected chi connectivity index (χ1v) is 9.38. The van der Waals surface area contributed by atoms with E-state index in [4.69, 9.17) is 0 Å². The lowest BCUT2D eigenvalue weighted by molar-refractivity contribution is 0.0653. The summed E-state index contributed by atoms with van der Waals surface area (Å²) in [6, 6.07) is 9.37. The number of imidazole rings is 2. The molecule has 0 saturated heterocycles. The molecule has 0 aliphatic carbocycles. The van der Waals surface area contributed by atoms with Crippen LogP contribution in [0.5, 0.6) is 0 Å². The highest BCUT2D eigenvalue weighted by Crippen LogP contribution is 2.32. The van der Waals surface area contributed by atoms with Gasteiger partial charge < -0.3 is 19.8 Å². The van der Waals surface area contributed by atoms with Gasteiger partial charge in [-0.25, -0.2) is 9.97 Å². The molecule has 3 aromatic rings. The second-order valence-corrected chi connectivity index (χ2v) is 6.71. The average molecular weight is 378 g/mol. The third-order valence-corrected chi connectivity index (χ3v) is 4.82. The zero-order valence-corrected chi connectivity index (χ0v) is 15.6. The van der Waals surface area contributed by atoms with Gasteiger partial charge in [-0.2, -0.15) is 0 Å². The molecule has 0 saturated carbocycles. The van der Waals surface area contributed by atoms with E-state index in [0.29, 0.717) is 36.8 Å². The van der Waals surface area contributed by atoms with Crippen LogP contribution in [0, 0.1) is 0 Å². The van der Waals surface area contributed by atoms with Crippen molar-refractivity contribution in [2.75, 3.05) is 13.1 Å². The molecule has 1 aromatic carbocycles. The number of nitrogens with zero attached hydrogens (tertiary/aromatic N) is 4. The highest BCUT2D eigenvalue weighted by Gasteiger charge is 2.35. The van der Waals surface area contributed by atoms with Gasteiger partial charge in [0.15, 0.2) is 0 Å². The molecule has 0 radical (unpaired) electrons. The predicted molar refractivity (Wildman–Crippen MR) is 103 cm³/mol. The van der Waals surface area contributed by atoms with Crippen LogP contribution in [-0.2, 0) is 6.54 Å². The Morgan fingerprint density at radius 3 is 2.79 bits per heavy atom. The van der Waals surface area contributed by atoms with Crippen molar-refractivity contribution in [3.8, 4) is 0 Å². The number of hydrogen-bond donors (Lipinski definition) is 2. The van der Waals surface area contributed by atoms with Gasteiger partial charge in [-0.1, -0.05) is 37.3 Å². The lowest BCUT2D eigenvalue weighted by atomic mass is 10.0. The molecule has 28 heavy (non-hydrogen) atoms. The Bertz CT molecular complexity index is 964. The summed E-state index contributed by atoms with van der Waals surface area (Å²) < 4.78 is 1.97. The van der Waals surface area contributed by atoms with Crippen molar-refractivity contribution in [1.82, 2.24) is 29.7 Å². The van der Waals surface area contributed by atoms with Gasteiger partial charge in [0.25, 0.3) is 11.8 Å². The van der Waals surface area contributed by atoms with E-state index in [0.717, 1.165) is 12.0 Å². The fraction of sp³-hybridized carbons (Fsp3) is 0.300. The van der Waals surface area contributed by atoms with E-state index in [1.54, 1.807) is 11.1 Å². The number of carbonyl (C=O) groups excluding carboxylic acids is 2. The van der Waals surface area contributed by atoms with Crippen molar-refractivity contribution < 1.29 is 9.59 Å². The van der Waals surface area contributed by atoms with E-state index in [1.807, 2.05) is 41.8 Å². The predicted octanol–water partition coefficient (Wildman–Crippen LogP) is 1.99. The fourth-order valence-electron chi connectivity index (χ4n) is 3.46. The van der Waals surface area contributed by atoms with Gasteiger partial charge in [0.2, 0.25) is 0 Å². The summed E-state index contributed by atoms with van der Waals surface area (Å²) in [6.07, 6.45) is 5.65. The number of carbonyl (C=O) groups is 2. The zero-order chi connectivity index (χ0) is 19.5. The number of H-pyrrole nitrogens is 1. The Labute approximate surface area is 162 Å². The first kappa shape index (κ1) is 18.0. The van der Waals surface area contributed by atoms with Crippen LogP contribution in [0.25, 0.3) is 0 Å². The molecule has 0 bridgehead atoms. The van der Waals surface area contributed by atoms with E-state index in [1.165, 1.54) is 12.5 Å². The molecule has 0 spiro atoms. The maximum atomic E-state index is 13.1. The molecule has 8 heteroatoms. The number of fused-ring (bicyclic) bond motifs is 1. The highest BCUT2D eigenvalue weighted by atomic mass is 16.2. The summed E-state index contributed by atoms with van der Waals surface area (Å²) >= 11 is 0. The number of benzene rings is 1. The highest BCUT2D eigenvalue weighted by molar-refractivity contribution is 5.93. The van der Waals surface area contributed by atoms with E-state index >= 15 is 0 Å². The smallest absolute Gasteiger partial charge is 0.272 e. The van der Waals surface area contributed by atoms with Gasteiger partial charge >= 0.3 is 0 Å². The summed E-state index contributed by atoms with van der Waals surface area (Å²) in [4.78, 5) is 38.7. The fourth-order valence-corrected chi connectivity index (χ4v) is 3.46. The Morgan fingerprint density at radius 2 is 2.07 bits per heavy atom. The average Bonchev–Trinajstić information content (AvgIpc) is 3.41. The van der Waals surface area contributed by atoms with Crippen LogP contribution in [0.1, 0.15) is 51.8 Å². The maximum absolute atomic E-state index is 13.1. The van der Waals surface area contributed by atoms with Gasteiger partial charge in [-0.05, 0) is 12.0 Å². The molecular formula is C20H22N6O2. The van der Waals surface area contributed by atoms with Crippen molar-refractivity contribution in [3.05, 3.63) is 71.8 Å². The zero-order valence-electron chi connectivity index (χ0n) is 15.6. The molecule has 0 unspecified atom stereocenters. The van der Waals surface area contributed by atoms with Crippen molar-refractivity contribution in [2.24, 2.45) is 0 Å². The molecule has 3 heterocycles. The van der Waals surface area contributed by atoms with Crippen LogP contribution in [0.4, 0.5) is 0 Å². The summed E-state index contributed by atoms with van der Waals surface area (Å²) in [5, 5.41) is 2.86. The molecular weight excluding hydrogens is 356 g/mol. The van der Waals surface area contributed by atoms with Crippen molar-refractivity contribution in [2.45, 2.75) is 25.9 Å². The first-order valence-electron chi connectivity index (χ1n) is 9.38. The molecule has 4 rings (SSSR count). The Morgan fingerprint density at radius 1 is 1.25 bits per heavy atom. The number of amides is 2. The Kier molecular flexibility index (Phi) is 4.92. The van der Waals surface area contributed by atoms with Gasteiger partial charge in [0.1, 0.15) is 23.3 Å². The van der Waals surface area contributed by atoms with Gasteiger partial charge in [-0.15, -0.1) is 0 Å². The molecule has 2 aromatic heterocycles. The van der Waals surface area contributed by atoms with Crippen LogP contribution in [0.15, 0.2) is 49.1 Å². The van der Waals surface area contributed by atoms with Crippen molar-refractivity contribution in [3.63, 3.8) is 0 Å². The maximum Gasteiger partial charge on any atom is 0.272 e. The Balaban J connectivity index is 1.73. The van der Waals surface area contributed by atoms with Gasteiger partial charge in [-0.3, -0.25) is 9.59 Å². The quantitative estimate of drug-likeness (QED) is 0.710. The first-order chi connectivity index (χ1) is 13.7. The van der Waals surface area contributed by atoms with E-state index < -0.39 is 0 Å². The van der Waals surface area contributed by atoms with E-state index in [-0.39, 0.29) is 17.9 Å². The third kappa shape index (κ3) is 3.28. The topological polar surface area (TPSA) is 95.9 Å². The SMILES string of the molecule is CCCNC(=O)c1cn2c(n1)[C@@H](c1ccccc1)N(C(=O)c1cnc[nH]1)CC2. The molecule has 144 valence electrons. The summed E-state index contributed by atoms with van der Waals surface area (Å²) in [6.45, 7) is 3.69. The van der Waals surface area contributed by atoms with Crippen molar-refractivity contribution in [1.29, 1.82) is 0 Å². The minimum Gasteiger partial charge on any atom is -0.351 e. The standard InChI is InChI=1S/C20H22N6O2/c1-2-8-22-19(27)16-12-25-9-10-26(20(28)15-11-21-13-23-15)17(18(25)24-16)14-6-4-3-5-7-14/h3-7,11-13,17H,2,8-10H2,1H3,(H,21,23)(H,22,27)/t17-/m1/s1. The molecule has 1 aliphatic heterocycles. The number of hydrogen-bond acceptors (Lipinski definition) is 4. The van der Waals surface area contributed by atoms with Gasteiger partial charge in [0.05, 0.1) is 12.5 Å². The van der Waals surface area contributed by atoms with E-state index in [2.05, 4.69) is 20.3 Å². The van der Waals surface area contributed by atoms with Crippen molar-refractivity contribution >= 4 is 11.8 Å². The summed E-state index contributed by atoms with van der Waals surface area (Å²) in [5.41, 5.74) is 1.75. The monoisotopic (exact) mass is 378 g/mol. The van der Waals surface area contributed by atoms with Crippen LogP contribution in [0.2, 0.25) is 0 Å². The van der Waals surface area contributed by atoms with E-state index in [9.17, 15) is 9.59 Å². The largest absolute Gasteiger partial charge is 0.351 e. The molecule has 8 nitrogen and oxygen atoms in total. The molecule has 2 N–H and O–H groups in total. The second kappa shape index (κ2) is 7.67. The molecule has 0 fully saturated rings. The lowest BCUT2D eigenvalue weighted by Crippen LogP contribution is -2.42. The minimum atomic E-state index is -0.376. The van der Waals surface area contributed by atoms with Gasteiger partial charge in [0, 0.05) is 25.8 Å². The number of nitrogens with one attached hydrogen (secondary N) is 2. The molecule has 1 atom stereocenters. The Hall–Kier alpha value is -3.42. The summed E-state index contributed by atoms with van der Waals surface area (Å²) in [7, 11) is 0. The minimum absolute atomic E-state index is 0.141. The number of aromatic amines is 1. The third-order valence-electron chi connectivity index (χ3n) is 4.82. The van der Waals surface area contributed by atoms with Crippen LogP contribution in [-0.4, -0.2) is 49.3 Å². The second-order valence-electron chi connectivity index (χ2n) is 6.71. The molecule has 1 aliphatic rings. The number of rotatable bonds is 5. The normalized spacial score (nSPS) is 15.9.